The Morgan fingerprint density at radius 3 is 2.06 bits per heavy atom. The number of ether oxygens (including phenoxy) is 1. The zero-order valence-corrected chi connectivity index (χ0v) is 20.0. The van der Waals surface area contributed by atoms with E-state index in [0.717, 1.165) is 11.4 Å². The van der Waals surface area contributed by atoms with Gasteiger partial charge >= 0.3 is 0 Å². The standard InChI is InChI=1S/C30H26NOP/c1-30(2,3)33-28-24(15-10-17-26(28)32-29(33)25-16-8-9-18-31-25)27-22-13-6-4-11-20(22)19-21-12-5-7-14-23(21)27/h4-19,29H,1-3H3/t29?,33-/m0/s1. The van der Waals surface area contributed by atoms with E-state index in [1.165, 1.54) is 38.0 Å². The largest absolute Gasteiger partial charge is 0.479 e. The predicted octanol–water partition coefficient (Wildman–Crippen LogP) is 8.05. The van der Waals surface area contributed by atoms with Crippen molar-refractivity contribution >= 4 is 34.8 Å². The minimum absolute atomic E-state index is 0.0430. The van der Waals surface area contributed by atoms with E-state index >= 15 is 0 Å². The maximum Gasteiger partial charge on any atom is 0.163 e. The third-order valence-electron chi connectivity index (χ3n) is 6.42. The number of nitrogens with zero attached hydrogens (tertiary/aromatic N) is 1. The van der Waals surface area contributed by atoms with Gasteiger partial charge in [-0.3, -0.25) is 4.98 Å². The number of fused-ring (bicyclic) bond motifs is 3. The summed E-state index contributed by atoms with van der Waals surface area (Å²) in [6, 6.07) is 32.5. The van der Waals surface area contributed by atoms with Gasteiger partial charge in [-0.05, 0) is 70.0 Å². The Morgan fingerprint density at radius 2 is 1.42 bits per heavy atom. The van der Waals surface area contributed by atoms with Gasteiger partial charge in [0.1, 0.15) is 5.75 Å². The molecule has 0 radical (unpaired) electrons. The van der Waals surface area contributed by atoms with E-state index < -0.39 is 7.92 Å². The molecule has 0 saturated heterocycles. The smallest absolute Gasteiger partial charge is 0.163 e. The third kappa shape index (κ3) is 3.33. The molecule has 6 rings (SSSR count). The zero-order chi connectivity index (χ0) is 22.6. The van der Waals surface area contributed by atoms with E-state index in [1.807, 2.05) is 12.3 Å². The topological polar surface area (TPSA) is 22.1 Å². The highest BCUT2D eigenvalue weighted by molar-refractivity contribution is 7.68. The Balaban J connectivity index is 1.68. The van der Waals surface area contributed by atoms with Gasteiger partial charge < -0.3 is 4.74 Å². The first-order valence-electron chi connectivity index (χ1n) is 11.4. The highest BCUT2D eigenvalue weighted by atomic mass is 31.1. The normalized spacial score (nSPS) is 17.8. The molecule has 0 spiro atoms. The highest BCUT2D eigenvalue weighted by Crippen LogP contribution is 2.66. The fourth-order valence-corrected chi connectivity index (χ4v) is 8.12. The third-order valence-corrected chi connectivity index (χ3v) is 9.64. The number of rotatable bonds is 2. The molecular weight excluding hydrogens is 421 g/mol. The number of pyridine rings is 1. The van der Waals surface area contributed by atoms with E-state index in [4.69, 9.17) is 9.72 Å². The van der Waals surface area contributed by atoms with Crippen molar-refractivity contribution < 1.29 is 4.74 Å². The maximum absolute atomic E-state index is 6.68. The van der Waals surface area contributed by atoms with Crippen LogP contribution in [0, 0.1) is 0 Å². The van der Waals surface area contributed by atoms with Crippen LogP contribution < -0.4 is 10.0 Å². The van der Waals surface area contributed by atoms with Gasteiger partial charge in [0.05, 0.1) is 5.69 Å². The van der Waals surface area contributed by atoms with Crippen molar-refractivity contribution in [2.45, 2.75) is 31.8 Å². The lowest BCUT2D eigenvalue weighted by molar-refractivity contribution is 0.295. The number of aromatic nitrogens is 1. The summed E-state index contributed by atoms with van der Waals surface area (Å²) in [6.45, 7) is 7.02. The summed E-state index contributed by atoms with van der Waals surface area (Å²) in [5, 5.41) is 6.52. The van der Waals surface area contributed by atoms with E-state index in [2.05, 4.69) is 106 Å². The summed E-state index contributed by atoms with van der Waals surface area (Å²) < 4.78 is 6.68. The molecule has 0 bridgehead atoms. The number of hydrogen-bond acceptors (Lipinski definition) is 2. The van der Waals surface area contributed by atoms with Crippen LogP contribution in [0.3, 0.4) is 0 Å². The van der Waals surface area contributed by atoms with Gasteiger partial charge in [-0.1, -0.05) is 87.5 Å². The Morgan fingerprint density at radius 1 is 0.758 bits per heavy atom. The first-order chi connectivity index (χ1) is 16.0. The van der Waals surface area contributed by atoms with Crippen LogP contribution in [0.1, 0.15) is 32.3 Å². The summed E-state index contributed by atoms with van der Waals surface area (Å²) in [5.41, 5.74) is 3.62. The average Bonchev–Trinajstić information content (AvgIpc) is 3.24. The summed E-state index contributed by atoms with van der Waals surface area (Å²) in [6.07, 6.45) is 1.87. The molecule has 2 atom stereocenters. The molecule has 0 N–H and O–H groups in total. The molecule has 0 saturated carbocycles. The van der Waals surface area contributed by atoms with E-state index in [9.17, 15) is 0 Å². The van der Waals surface area contributed by atoms with E-state index in [0.29, 0.717) is 0 Å². The van der Waals surface area contributed by atoms with Gasteiger partial charge in [0.25, 0.3) is 0 Å². The first kappa shape index (κ1) is 20.4. The average molecular weight is 448 g/mol. The van der Waals surface area contributed by atoms with Crippen LogP contribution in [0.15, 0.2) is 97.2 Å². The highest BCUT2D eigenvalue weighted by Gasteiger charge is 2.44. The van der Waals surface area contributed by atoms with Gasteiger partial charge in [-0.2, -0.15) is 0 Å². The van der Waals surface area contributed by atoms with Crippen LogP contribution >= 0.6 is 7.92 Å². The number of hydrogen-bond donors (Lipinski definition) is 0. The lowest BCUT2D eigenvalue weighted by atomic mass is 9.92. The Labute approximate surface area is 196 Å². The Hall–Kier alpha value is -3.22. The molecule has 5 aromatic rings. The second-order valence-corrected chi connectivity index (χ2v) is 12.6. The Kier molecular flexibility index (Phi) is 4.75. The lowest BCUT2D eigenvalue weighted by Gasteiger charge is -2.32. The zero-order valence-electron chi connectivity index (χ0n) is 19.1. The molecule has 4 aromatic carbocycles. The van der Waals surface area contributed by atoms with Crippen molar-refractivity contribution in [2.24, 2.45) is 0 Å². The molecule has 2 heterocycles. The molecule has 162 valence electrons. The van der Waals surface area contributed by atoms with Crippen molar-refractivity contribution in [3.05, 3.63) is 103 Å². The molecule has 3 heteroatoms. The summed E-state index contributed by atoms with van der Waals surface area (Å²) >= 11 is 0. The summed E-state index contributed by atoms with van der Waals surface area (Å²) in [4.78, 5) is 4.70. The van der Waals surface area contributed by atoms with Crippen LogP contribution in [0.4, 0.5) is 0 Å². The van der Waals surface area contributed by atoms with Crippen molar-refractivity contribution in [1.29, 1.82) is 0 Å². The molecule has 0 fully saturated rings. The van der Waals surface area contributed by atoms with Gasteiger partial charge in [-0.25, -0.2) is 0 Å². The monoisotopic (exact) mass is 447 g/mol. The lowest BCUT2D eigenvalue weighted by Crippen LogP contribution is -2.21. The molecule has 33 heavy (non-hydrogen) atoms. The van der Waals surface area contributed by atoms with Gasteiger partial charge in [0.2, 0.25) is 0 Å². The second-order valence-electron chi connectivity index (χ2n) is 9.61. The molecule has 1 aromatic heterocycles. The van der Waals surface area contributed by atoms with Crippen molar-refractivity contribution in [3.8, 4) is 16.9 Å². The van der Waals surface area contributed by atoms with Crippen molar-refractivity contribution in [3.63, 3.8) is 0 Å². The second kappa shape index (κ2) is 7.68. The molecule has 0 aliphatic carbocycles. The van der Waals surface area contributed by atoms with Crippen molar-refractivity contribution in [1.82, 2.24) is 4.98 Å². The minimum atomic E-state index is -0.682. The van der Waals surface area contributed by atoms with Crippen LogP contribution in [0.5, 0.6) is 5.75 Å². The molecule has 1 unspecified atom stereocenters. The van der Waals surface area contributed by atoms with E-state index in [-0.39, 0.29) is 11.0 Å². The molecule has 0 amide bonds. The number of benzene rings is 4. The molecule has 1 aliphatic heterocycles. The molecular formula is C30H26NOP. The van der Waals surface area contributed by atoms with Gasteiger partial charge in [-0.15, -0.1) is 0 Å². The summed E-state index contributed by atoms with van der Waals surface area (Å²) in [7, 11) is -0.682. The molecule has 1 aliphatic rings. The van der Waals surface area contributed by atoms with Gasteiger partial charge in [0.15, 0.2) is 5.85 Å². The summed E-state index contributed by atoms with van der Waals surface area (Å²) in [5.74, 6) is 0.958. The van der Waals surface area contributed by atoms with Crippen LogP contribution in [-0.4, -0.2) is 10.1 Å². The molecule has 2 nitrogen and oxygen atoms in total. The van der Waals surface area contributed by atoms with Crippen LogP contribution in [0.2, 0.25) is 0 Å². The Bertz CT molecular complexity index is 1430. The quantitative estimate of drug-likeness (QED) is 0.202. The van der Waals surface area contributed by atoms with Crippen LogP contribution in [0.25, 0.3) is 32.7 Å². The van der Waals surface area contributed by atoms with E-state index in [1.54, 1.807) is 0 Å². The maximum atomic E-state index is 6.68. The van der Waals surface area contributed by atoms with Gasteiger partial charge in [0, 0.05) is 11.5 Å². The van der Waals surface area contributed by atoms with Crippen LogP contribution in [-0.2, 0) is 0 Å². The SMILES string of the molecule is CC(C)(C)[P@@]1c2c(cccc2-c2c3ccccc3cc3ccccc23)OC1c1ccccn1. The first-order valence-corrected chi connectivity index (χ1v) is 12.8. The fourth-order valence-electron chi connectivity index (χ4n) is 5.06. The minimum Gasteiger partial charge on any atom is -0.479 e. The van der Waals surface area contributed by atoms with Crippen molar-refractivity contribution in [2.75, 3.05) is 0 Å². The fraction of sp³-hybridized carbons (Fsp3) is 0.167. The predicted molar refractivity (Wildman–Crippen MR) is 141 cm³/mol.